The van der Waals surface area contributed by atoms with Crippen molar-refractivity contribution in [1.29, 1.82) is 0 Å². The van der Waals surface area contributed by atoms with Crippen molar-refractivity contribution in [3.63, 3.8) is 0 Å². The third-order valence-electron chi connectivity index (χ3n) is 7.28. The van der Waals surface area contributed by atoms with Gasteiger partial charge >= 0.3 is 0 Å². The summed E-state index contributed by atoms with van der Waals surface area (Å²) in [5.41, 5.74) is -1.09. The number of hydrogen-bond acceptors (Lipinski definition) is 6. The maximum absolute atomic E-state index is 11.3. The average molecular weight is 717 g/mol. The van der Waals surface area contributed by atoms with Crippen molar-refractivity contribution in [2.75, 3.05) is 12.4 Å². The molecule has 0 bridgehead atoms. The third-order valence-corrected chi connectivity index (χ3v) is 9.51. The van der Waals surface area contributed by atoms with E-state index in [1.807, 2.05) is 81.4 Å². The Bertz CT molecular complexity index is 1270. The Morgan fingerprint density at radius 2 is 1.12 bits per heavy atom. The van der Waals surface area contributed by atoms with Gasteiger partial charge in [-0.3, -0.25) is 9.97 Å². The highest BCUT2D eigenvalue weighted by molar-refractivity contribution is 9.10. The number of rotatable bonds is 8. The summed E-state index contributed by atoms with van der Waals surface area (Å²) in [7, 11) is 0. The normalized spacial score (nSPS) is 14.6. The van der Waals surface area contributed by atoms with Crippen LogP contribution < -0.4 is 4.74 Å². The van der Waals surface area contributed by atoms with Crippen LogP contribution >= 0.6 is 43.6 Å². The van der Waals surface area contributed by atoms with E-state index in [-0.39, 0.29) is 17.4 Å². The molecule has 0 spiro atoms. The molecule has 4 aromatic rings. The molecule has 0 aliphatic heterocycles. The van der Waals surface area contributed by atoms with Crippen LogP contribution in [0.2, 0.25) is 0 Å². The first kappa shape index (κ1) is 34.3. The fourth-order valence-electron chi connectivity index (χ4n) is 4.12. The van der Waals surface area contributed by atoms with Gasteiger partial charge in [0.2, 0.25) is 0 Å². The standard InChI is InChI=1S/C17H20BrNO2.C17H20BrNOS/c2*1-16(2,3)17(20,13-5-4-10-19-11-13)12-21-15-8-6-14(18)7-9-15/h2*4-11,20H,12H2,1-3H3. The predicted octanol–water partition coefficient (Wildman–Crippen LogP) is 9.03. The maximum Gasteiger partial charge on any atom is 0.130 e. The van der Waals surface area contributed by atoms with Crippen LogP contribution in [0.3, 0.4) is 0 Å². The number of benzene rings is 2. The van der Waals surface area contributed by atoms with Crippen molar-refractivity contribution >= 4 is 43.6 Å². The minimum absolute atomic E-state index is 0.170. The first-order valence-corrected chi connectivity index (χ1v) is 16.3. The Morgan fingerprint density at radius 3 is 1.55 bits per heavy atom. The summed E-state index contributed by atoms with van der Waals surface area (Å²) >= 11 is 8.49. The molecule has 0 amide bonds. The van der Waals surface area contributed by atoms with Crippen molar-refractivity contribution in [1.82, 2.24) is 9.97 Å². The lowest BCUT2D eigenvalue weighted by Gasteiger charge is -2.40. The van der Waals surface area contributed by atoms with E-state index in [0.29, 0.717) is 5.75 Å². The second-order valence-corrected chi connectivity index (χ2v) is 15.1. The van der Waals surface area contributed by atoms with E-state index >= 15 is 0 Å². The molecule has 224 valence electrons. The van der Waals surface area contributed by atoms with Crippen LogP contribution in [0.1, 0.15) is 52.7 Å². The van der Waals surface area contributed by atoms with Crippen molar-refractivity contribution in [2.45, 2.75) is 57.6 Å². The number of nitrogens with zero attached hydrogens (tertiary/aromatic N) is 2. The summed E-state index contributed by atoms with van der Waals surface area (Å²) in [6.45, 7) is 12.3. The first-order chi connectivity index (χ1) is 19.7. The zero-order chi connectivity index (χ0) is 31.0. The molecule has 2 unspecified atom stereocenters. The van der Waals surface area contributed by atoms with E-state index in [0.717, 1.165) is 30.7 Å². The molecule has 42 heavy (non-hydrogen) atoms. The Kier molecular flexibility index (Phi) is 11.8. The Balaban J connectivity index is 0.000000230. The number of halogens is 2. The largest absolute Gasteiger partial charge is 0.490 e. The van der Waals surface area contributed by atoms with Crippen LogP contribution in [0.15, 0.2) is 111 Å². The highest BCUT2D eigenvalue weighted by atomic mass is 79.9. The fourth-order valence-corrected chi connectivity index (χ4v) is 5.95. The van der Waals surface area contributed by atoms with Crippen molar-refractivity contribution in [3.05, 3.63) is 118 Å². The molecule has 0 saturated carbocycles. The molecule has 0 saturated heterocycles. The predicted molar refractivity (Wildman–Crippen MR) is 180 cm³/mol. The smallest absolute Gasteiger partial charge is 0.130 e. The molecule has 0 aliphatic rings. The van der Waals surface area contributed by atoms with Crippen LogP contribution in [-0.2, 0) is 11.2 Å². The Morgan fingerprint density at radius 1 is 0.667 bits per heavy atom. The van der Waals surface area contributed by atoms with Gasteiger partial charge < -0.3 is 14.9 Å². The molecule has 8 heteroatoms. The van der Waals surface area contributed by atoms with Crippen molar-refractivity contribution in [2.24, 2.45) is 10.8 Å². The molecule has 0 radical (unpaired) electrons. The van der Waals surface area contributed by atoms with E-state index < -0.39 is 11.2 Å². The monoisotopic (exact) mass is 714 g/mol. The Labute approximate surface area is 271 Å². The molecule has 2 atom stereocenters. The molecule has 2 N–H and O–H groups in total. The van der Waals surface area contributed by atoms with Crippen LogP contribution in [0.5, 0.6) is 5.75 Å². The van der Waals surface area contributed by atoms with Gasteiger partial charge in [0.1, 0.15) is 23.6 Å². The maximum atomic E-state index is 11.3. The van der Waals surface area contributed by atoms with Crippen LogP contribution in [0.4, 0.5) is 0 Å². The molecule has 2 aromatic carbocycles. The summed E-state index contributed by atoms with van der Waals surface area (Å²) < 4.78 is 7.86. The van der Waals surface area contributed by atoms with Crippen LogP contribution in [0.25, 0.3) is 0 Å². The van der Waals surface area contributed by atoms with Crippen molar-refractivity contribution in [3.8, 4) is 5.75 Å². The number of aromatic nitrogens is 2. The third kappa shape index (κ3) is 8.89. The summed E-state index contributed by atoms with van der Waals surface area (Å²) in [6.07, 6.45) is 6.88. The number of hydrogen-bond donors (Lipinski definition) is 2. The number of thioether (sulfide) groups is 1. The summed E-state index contributed by atoms with van der Waals surface area (Å²) in [5, 5.41) is 22.4. The van der Waals surface area contributed by atoms with E-state index in [4.69, 9.17) is 4.74 Å². The van der Waals surface area contributed by atoms with E-state index in [1.165, 1.54) is 0 Å². The number of pyridine rings is 2. The lowest BCUT2D eigenvalue weighted by Crippen LogP contribution is -2.45. The second-order valence-electron chi connectivity index (χ2n) is 12.2. The van der Waals surface area contributed by atoms with Gasteiger partial charge in [-0.2, -0.15) is 0 Å². The Hall–Kier alpha value is -2.23. The summed E-state index contributed by atoms with van der Waals surface area (Å²) in [5.74, 6) is 1.31. The van der Waals surface area contributed by atoms with Gasteiger partial charge in [0.05, 0.1) is 0 Å². The molecule has 0 fully saturated rings. The van der Waals surface area contributed by atoms with Gasteiger partial charge in [-0.25, -0.2) is 0 Å². The summed E-state index contributed by atoms with van der Waals surface area (Å²) in [4.78, 5) is 9.41. The van der Waals surface area contributed by atoms with Gasteiger partial charge in [0.25, 0.3) is 0 Å². The van der Waals surface area contributed by atoms with Gasteiger partial charge in [-0.05, 0) is 71.5 Å². The number of aliphatic hydroxyl groups is 2. The van der Waals surface area contributed by atoms with Crippen molar-refractivity contribution < 1.29 is 14.9 Å². The zero-order valence-electron chi connectivity index (χ0n) is 25.0. The lowest BCUT2D eigenvalue weighted by molar-refractivity contribution is -0.0947. The average Bonchev–Trinajstić information content (AvgIpc) is 2.96. The van der Waals surface area contributed by atoms with Gasteiger partial charge in [-0.1, -0.05) is 85.5 Å². The first-order valence-electron chi connectivity index (χ1n) is 13.7. The van der Waals surface area contributed by atoms with E-state index in [9.17, 15) is 10.2 Å². The van der Waals surface area contributed by atoms with Gasteiger partial charge in [0.15, 0.2) is 0 Å². The second kappa shape index (κ2) is 14.5. The minimum Gasteiger partial charge on any atom is -0.490 e. The zero-order valence-corrected chi connectivity index (χ0v) is 29.0. The molecule has 4 rings (SSSR count). The van der Waals surface area contributed by atoms with Crippen LogP contribution in [0, 0.1) is 10.8 Å². The number of ether oxygens (including phenoxy) is 1. The topological polar surface area (TPSA) is 75.5 Å². The van der Waals surface area contributed by atoms with Gasteiger partial charge in [0, 0.05) is 55.5 Å². The molecule has 5 nitrogen and oxygen atoms in total. The minimum atomic E-state index is -1.12. The molecule has 2 heterocycles. The highest BCUT2D eigenvalue weighted by Gasteiger charge is 2.43. The lowest BCUT2D eigenvalue weighted by atomic mass is 9.73. The quantitative estimate of drug-likeness (QED) is 0.177. The van der Waals surface area contributed by atoms with E-state index in [1.54, 1.807) is 36.5 Å². The molecular formula is C34H40Br2N2O3S. The fraction of sp³-hybridized carbons (Fsp3) is 0.353. The molecular weight excluding hydrogens is 676 g/mol. The summed E-state index contributed by atoms with van der Waals surface area (Å²) in [6, 6.07) is 23.2. The highest BCUT2D eigenvalue weighted by Crippen LogP contribution is 2.43. The van der Waals surface area contributed by atoms with E-state index in [2.05, 4.69) is 74.7 Å². The molecule has 0 aliphatic carbocycles. The molecule has 2 aromatic heterocycles. The van der Waals surface area contributed by atoms with Crippen LogP contribution in [-0.4, -0.2) is 32.5 Å². The SMILES string of the molecule is CC(C)(C)C(O)(COc1ccc(Br)cc1)c1cccnc1.CC(C)(C)C(O)(CSc1ccc(Br)cc1)c1cccnc1. The van der Waals surface area contributed by atoms with Gasteiger partial charge in [-0.15, -0.1) is 11.8 Å².